The summed E-state index contributed by atoms with van der Waals surface area (Å²) in [6, 6.07) is -0.0927. The van der Waals surface area contributed by atoms with E-state index >= 15 is 0 Å². The highest BCUT2D eigenvalue weighted by Crippen LogP contribution is 2.17. The summed E-state index contributed by atoms with van der Waals surface area (Å²) in [5, 5.41) is 12.6. The number of nitrogens with one attached hydrogen (secondary N) is 1. The first-order valence-corrected chi connectivity index (χ1v) is 6.12. The lowest BCUT2D eigenvalue weighted by atomic mass is 9.92. The third kappa shape index (κ3) is 8.98. The molecule has 0 fully saturated rings. The third-order valence-corrected chi connectivity index (χ3v) is 2.23. The van der Waals surface area contributed by atoms with Crippen LogP contribution in [0.25, 0.3) is 0 Å². The van der Waals surface area contributed by atoms with E-state index in [1.165, 1.54) is 0 Å². The number of rotatable bonds is 4. The number of carbonyl (C=O) groups excluding carboxylic acids is 1. The SMILES string of the molecule is CC(C)C(CC(C)(C)O)NC(=O)OC(C)(C)C. The van der Waals surface area contributed by atoms with Gasteiger partial charge in [0.15, 0.2) is 0 Å². The van der Waals surface area contributed by atoms with Gasteiger partial charge in [0.1, 0.15) is 5.60 Å². The Morgan fingerprint density at radius 1 is 1.24 bits per heavy atom. The maximum Gasteiger partial charge on any atom is 0.407 e. The van der Waals surface area contributed by atoms with Gasteiger partial charge in [0.2, 0.25) is 0 Å². The van der Waals surface area contributed by atoms with Gasteiger partial charge in [-0.15, -0.1) is 0 Å². The highest BCUT2D eigenvalue weighted by Gasteiger charge is 2.26. The zero-order valence-corrected chi connectivity index (χ0v) is 12.1. The molecule has 1 amide bonds. The van der Waals surface area contributed by atoms with Gasteiger partial charge >= 0.3 is 6.09 Å². The lowest BCUT2D eigenvalue weighted by Gasteiger charge is -2.29. The minimum absolute atomic E-state index is 0.0927. The molecule has 0 spiro atoms. The summed E-state index contributed by atoms with van der Waals surface area (Å²) < 4.78 is 5.20. The molecule has 102 valence electrons. The van der Waals surface area contributed by atoms with Gasteiger partial charge in [0, 0.05) is 6.04 Å². The standard InChI is InChI=1S/C13H27NO3/c1-9(2)10(8-13(6,7)16)14-11(15)17-12(3,4)5/h9-10,16H,8H2,1-7H3,(H,14,15). The molecule has 0 aromatic carbocycles. The Kier molecular flexibility index (Phi) is 5.46. The van der Waals surface area contributed by atoms with Crippen LogP contribution in [-0.2, 0) is 4.74 Å². The molecule has 0 saturated heterocycles. The first-order valence-electron chi connectivity index (χ1n) is 6.12. The van der Waals surface area contributed by atoms with Gasteiger partial charge in [0.25, 0.3) is 0 Å². The number of hydrogen-bond acceptors (Lipinski definition) is 3. The Morgan fingerprint density at radius 3 is 2.00 bits per heavy atom. The molecule has 0 saturated carbocycles. The number of hydrogen-bond donors (Lipinski definition) is 2. The number of alkyl carbamates (subject to hydrolysis) is 1. The van der Waals surface area contributed by atoms with Gasteiger partial charge in [-0.1, -0.05) is 13.8 Å². The fourth-order valence-electron chi connectivity index (χ4n) is 1.45. The second kappa shape index (κ2) is 5.71. The number of carbonyl (C=O) groups is 1. The molecule has 17 heavy (non-hydrogen) atoms. The summed E-state index contributed by atoms with van der Waals surface area (Å²) >= 11 is 0. The molecule has 4 heteroatoms. The van der Waals surface area contributed by atoms with Crippen molar-refractivity contribution < 1.29 is 14.6 Å². The molecule has 1 unspecified atom stereocenters. The van der Waals surface area contributed by atoms with Gasteiger partial charge in [-0.25, -0.2) is 4.79 Å². The monoisotopic (exact) mass is 245 g/mol. The highest BCUT2D eigenvalue weighted by atomic mass is 16.6. The fourth-order valence-corrected chi connectivity index (χ4v) is 1.45. The topological polar surface area (TPSA) is 58.6 Å². The van der Waals surface area contributed by atoms with Gasteiger partial charge < -0.3 is 15.2 Å². The largest absolute Gasteiger partial charge is 0.444 e. The van der Waals surface area contributed by atoms with E-state index in [1.807, 2.05) is 34.6 Å². The molecule has 0 aromatic rings. The van der Waals surface area contributed by atoms with Crippen LogP contribution in [0.2, 0.25) is 0 Å². The fraction of sp³-hybridized carbons (Fsp3) is 0.923. The van der Waals surface area contributed by atoms with E-state index in [0.717, 1.165) is 0 Å². The summed E-state index contributed by atoms with van der Waals surface area (Å²) in [6.07, 6.45) is 0.0737. The van der Waals surface area contributed by atoms with Gasteiger partial charge in [-0.2, -0.15) is 0 Å². The summed E-state index contributed by atoms with van der Waals surface area (Å²) in [7, 11) is 0. The lowest BCUT2D eigenvalue weighted by molar-refractivity contribution is 0.0344. The first-order chi connectivity index (χ1) is 7.41. The normalized spacial score (nSPS) is 14.6. The lowest BCUT2D eigenvalue weighted by Crippen LogP contribution is -2.45. The molecule has 0 aliphatic carbocycles. The Bertz CT molecular complexity index is 248. The van der Waals surface area contributed by atoms with E-state index in [4.69, 9.17) is 4.74 Å². The van der Waals surface area contributed by atoms with Crippen LogP contribution >= 0.6 is 0 Å². The molecular formula is C13H27NO3. The Balaban J connectivity index is 4.41. The van der Waals surface area contributed by atoms with Crippen LogP contribution in [0.4, 0.5) is 4.79 Å². The molecule has 1 atom stereocenters. The smallest absolute Gasteiger partial charge is 0.407 e. The third-order valence-electron chi connectivity index (χ3n) is 2.23. The Morgan fingerprint density at radius 2 is 1.71 bits per heavy atom. The maximum atomic E-state index is 11.6. The van der Waals surface area contributed by atoms with Crippen molar-refractivity contribution in [2.75, 3.05) is 0 Å². The van der Waals surface area contributed by atoms with Crippen LogP contribution in [0.3, 0.4) is 0 Å². The zero-order chi connectivity index (χ0) is 13.9. The second-order valence-electron chi connectivity index (χ2n) is 6.51. The number of amides is 1. The summed E-state index contributed by atoms with van der Waals surface area (Å²) in [5.74, 6) is 0.244. The Hall–Kier alpha value is -0.770. The van der Waals surface area contributed by atoms with Crippen LogP contribution in [0.1, 0.15) is 54.9 Å². The number of aliphatic hydroxyl groups is 1. The van der Waals surface area contributed by atoms with Gasteiger partial charge in [-0.05, 0) is 47.0 Å². The van der Waals surface area contributed by atoms with E-state index in [2.05, 4.69) is 5.32 Å². The predicted molar refractivity (Wildman–Crippen MR) is 68.9 cm³/mol. The van der Waals surface area contributed by atoms with Crippen molar-refractivity contribution in [1.82, 2.24) is 5.32 Å². The van der Waals surface area contributed by atoms with E-state index in [9.17, 15) is 9.90 Å². The van der Waals surface area contributed by atoms with Crippen molar-refractivity contribution in [3.05, 3.63) is 0 Å². The molecule has 0 aliphatic rings. The minimum atomic E-state index is -0.802. The molecule has 0 heterocycles. The summed E-state index contributed by atoms with van der Waals surface area (Å²) in [5.41, 5.74) is -1.30. The second-order valence-corrected chi connectivity index (χ2v) is 6.51. The first kappa shape index (κ1) is 16.2. The van der Waals surface area contributed by atoms with Gasteiger partial charge in [-0.3, -0.25) is 0 Å². The Labute approximate surface area is 105 Å². The van der Waals surface area contributed by atoms with Gasteiger partial charge in [0.05, 0.1) is 5.60 Å². The van der Waals surface area contributed by atoms with Crippen molar-refractivity contribution in [3.8, 4) is 0 Å². The van der Waals surface area contributed by atoms with Crippen LogP contribution in [-0.4, -0.2) is 28.4 Å². The average molecular weight is 245 g/mol. The molecule has 0 bridgehead atoms. The molecule has 2 N–H and O–H groups in total. The van der Waals surface area contributed by atoms with Crippen LogP contribution < -0.4 is 5.32 Å². The van der Waals surface area contributed by atoms with Crippen molar-refractivity contribution in [1.29, 1.82) is 0 Å². The van der Waals surface area contributed by atoms with Crippen LogP contribution in [0.5, 0.6) is 0 Å². The van der Waals surface area contributed by atoms with Crippen molar-refractivity contribution >= 4 is 6.09 Å². The minimum Gasteiger partial charge on any atom is -0.444 e. The van der Waals surface area contributed by atoms with Crippen LogP contribution in [0.15, 0.2) is 0 Å². The summed E-state index contributed by atoms with van der Waals surface area (Å²) in [6.45, 7) is 13.0. The molecule has 0 aliphatic heterocycles. The molecule has 0 radical (unpaired) electrons. The average Bonchev–Trinajstić information content (AvgIpc) is 1.95. The molecule has 0 rings (SSSR count). The highest BCUT2D eigenvalue weighted by molar-refractivity contribution is 5.68. The van der Waals surface area contributed by atoms with Crippen LogP contribution in [0, 0.1) is 5.92 Å². The van der Waals surface area contributed by atoms with Crippen molar-refractivity contribution in [2.45, 2.75) is 72.1 Å². The summed E-state index contributed by atoms with van der Waals surface area (Å²) in [4.78, 5) is 11.6. The molecule has 0 aromatic heterocycles. The van der Waals surface area contributed by atoms with Crippen molar-refractivity contribution in [3.63, 3.8) is 0 Å². The van der Waals surface area contributed by atoms with E-state index < -0.39 is 17.3 Å². The van der Waals surface area contributed by atoms with E-state index in [0.29, 0.717) is 6.42 Å². The number of ether oxygens (including phenoxy) is 1. The zero-order valence-electron chi connectivity index (χ0n) is 12.1. The predicted octanol–water partition coefficient (Wildman–Crippen LogP) is 2.70. The molecular weight excluding hydrogens is 218 g/mol. The molecule has 4 nitrogen and oxygen atoms in total. The quantitative estimate of drug-likeness (QED) is 0.800. The van der Waals surface area contributed by atoms with E-state index in [-0.39, 0.29) is 12.0 Å². The maximum absolute atomic E-state index is 11.6. The van der Waals surface area contributed by atoms with E-state index in [1.54, 1.807) is 13.8 Å². The van der Waals surface area contributed by atoms with Crippen molar-refractivity contribution in [2.24, 2.45) is 5.92 Å².